The average molecular weight is 286 g/mol. The summed E-state index contributed by atoms with van der Waals surface area (Å²) in [5, 5.41) is 1.41. The van der Waals surface area contributed by atoms with Crippen LogP contribution in [0.3, 0.4) is 0 Å². The number of hydrogen-bond acceptors (Lipinski definition) is 5. The van der Waals surface area contributed by atoms with Crippen molar-refractivity contribution in [3.8, 4) is 0 Å². The molecule has 19 heavy (non-hydrogen) atoms. The summed E-state index contributed by atoms with van der Waals surface area (Å²) >= 11 is 0. The highest BCUT2D eigenvalue weighted by molar-refractivity contribution is 7.92. The van der Waals surface area contributed by atoms with Crippen LogP contribution >= 0.6 is 0 Å². The lowest BCUT2D eigenvalue weighted by Crippen LogP contribution is -2.35. The molecule has 1 aromatic carbocycles. The van der Waals surface area contributed by atoms with Crippen molar-refractivity contribution >= 4 is 27.1 Å². The van der Waals surface area contributed by atoms with Crippen LogP contribution in [0.15, 0.2) is 24.3 Å². The Labute approximate surface area is 112 Å². The van der Waals surface area contributed by atoms with Gasteiger partial charge in [-0.05, 0) is 31.2 Å². The molecule has 0 radical (unpaired) electrons. The van der Waals surface area contributed by atoms with E-state index in [2.05, 4.69) is 5.32 Å². The van der Waals surface area contributed by atoms with Gasteiger partial charge in [0.2, 0.25) is 5.91 Å². The van der Waals surface area contributed by atoms with Crippen molar-refractivity contribution in [1.82, 2.24) is 0 Å². The summed E-state index contributed by atoms with van der Waals surface area (Å²) in [5.74, 6) is -0.749. The van der Waals surface area contributed by atoms with Gasteiger partial charge in [0, 0.05) is 18.5 Å². The third kappa shape index (κ3) is 4.53. The molecule has 7 heteroatoms. The molecule has 0 spiro atoms. The highest BCUT2D eigenvalue weighted by Crippen LogP contribution is 2.12. The molecule has 0 aliphatic heterocycles. The first-order valence-electron chi connectivity index (χ1n) is 5.73. The number of sulfone groups is 1. The molecule has 0 heterocycles. The monoisotopic (exact) mass is 286 g/mol. The fourth-order valence-corrected chi connectivity index (χ4v) is 2.49. The van der Waals surface area contributed by atoms with E-state index in [0.717, 1.165) is 0 Å². The number of methoxy groups -OCH3 is 1. The molecule has 0 saturated heterocycles. The van der Waals surface area contributed by atoms with Gasteiger partial charge in [0.25, 0.3) is 0 Å². The van der Waals surface area contributed by atoms with E-state index in [1.54, 1.807) is 24.3 Å². The maximum absolute atomic E-state index is 11.8. The third-order valence-corrected chi connectivity index (χ3v) is 4.69. The fraction of sp³-hybridized carbons (Fsp3) is 0.417. The van der Waals surface area contributed by atoms with Crippen LogP contribution in [0.5, 0.6) is 0 Å². The van der Waals surface area contributed by atoms with Crippen LogP contribution in [-0.4, -0.2) is 39.0 Å². The van der Waals surface area contributed by atoms with Gasteiger partial charge in [0.15, 0.2) is 9.84 Å². The summed E-state index contributed by atoms with van der Waals surface area (Å²) in [5.41, 5.74) is 6.59. The Hall–Kier alpha value is -1.60. The number of amides is 1. The Morgan fingerprint density at radius 2 is 1.95 bits per heavy atom. The van der Waals surface area contributed by atoms with Crippen LogP contribution in [0, 0.1) is 0 Å². The lowest BCUT2D eigenvalue weighted by Gasteiger charge is -2.13. The minimum Gasteiger partial charge on any atom is -0.399 e. The predicted molar refractivity (Wildman–Crippen MR) is 74.6 cm³/mol. The summed E-state index contributed by atoms with van der Waals surface area (Å²) in [4.78, 5) is 11.8. The van der Waals surface area contributed by atoms with Gasteiger partial charge in [-0.3, -0.25) is 4.79 Å². The largest absolute Gasteiger partial charge is 0.399 e. The number of nitrogen functional groups attached to an aromatic ring is 1. The normalized spacial score (nSPS) is 12.9. The van der Waals surface area contributed by atoms with Crippen LogP contribution in [0.2, 0.25) is 0 Å². The van der Waals surface area contributed by atoms with Gasteiger partial charge in [-0.1, -0.05) is 0 Å². The van der Waals surface area contributed by atoms with Gasteiger partial charge < -0.3 is 15.8 Å². The molecule has 106 valence electrons. The molecule has 1 aromatic rings. The van der Waals surface area contributed by atoms with Crippen molar-refractivity contribution in [1.29, 1.82) is 0 Å². The first-order chi connectivity index (χ1) is 8.86. The van der Waals surface area contributed by atoms with E-state index < -0.39 is 21.0 Å². The van der Waals surface area contributed by atoms with Gasteiger partial charge in [-0.25, -0.2) is 8.42 Å². The third-order valence-electron chi connectivity index (χ3n) is 2.66. The summed E-state index contributed by atoms with van der Waals surface area (Å²) in [7, 11) is -2.10. The number of carbonyl (C=O) groups is 1. The smallest absolute Gasteiger partial charge is 0.242 e. The van der Waals surface area contributed by atoms with Gasteiger partial charge in [-0.2, -0.15) is 0 Å². The molecule has 0 aliphatic carbocycles. The number of benzene rings is 1. The number of carbonyl (C=O) groups excluding carboxylic acids is 1. The molecule has 1 unspecified atom stereocenters. The number of ether oxygens (including phenoxy) is 1. The molecule has 0 aromatic heterocycles. The van der Waals surface area contributed by atoms with Gasteiger partial charge in [0.1, 0.15) is 5.25 Å². The van der Waals surface area contributed by atoms with Crippen LogP contribution < -0.4 is 11.1 Å². The molecule has 1 atom stereocenters. The molecule has 6 nitrogen and oxygen atoms in total. The number of nitrogens with two attached hydrogens (primary N) is 1. The van der Waals surface area contributed by atoms with Crippen molar-refractivity contribution < 1.29 is 17.9 Å². The van der Waals surface area contributed by atoms with Crippen molar-refractivity contribution in [2.45, 2.75) is 12.2 Å². The number of hydrogen-bond donors (Lipinski definition) is 2. The van der Waals surface area contributed by atoms with Crippen LogP contribution in [0.4, 0.5) is 11.4 Å². The number of anilines is 2. The first-order valence-corrected chi connectivity index (χ1v) is 7.45. The second-order valence-electron chi connectivity index (χ2n) is 4.11. The zero-order valence-electron chi connectivity index (χ0n) is 10.9. The lowest BCUT2D eigenvalue weighted by atomic mass is 10.3. The lowest BCUT2D eigenvalue weighted by molar-refractivity contribution is -0.115. The maximum atomic E-state index is 11.8. The van der Waals surface area contributed by atoms with Crippen LogP contribution in [-0.2, 0) is 19.4 Å². The van der Waals surface area contributed by atoms with Crippen molar-refractivity contribution in [2.24, 2.45) is 0 Å². The second-order valence-corrected chi connectivity index (χ2v) is 6.55. The van der Waals surface area contributed by atoms with E-state index in [0.29, 0.717) is 11.4 Å². The fourth-order valence-electron chi connectivity index (χ4n) is 1.35. The van der Waals surface area contributed by atoms with E-state index in [1.807, 2.05) is 0 Å². The Bertz CT molecular complexity index is 525. The van der Waals surface area contributed by atoms with E-state index in [9.17, 15) is 13.2 Å². The van der Waals surface area contributed by atoms with Crippen LogP contribution in [0.1, 0.15) is 6.92 Å². The van der Waals surface area contributed by atoms with E-state index in [4.69, 9.17) is 10.5 Å². The van der Waals surface area contributed by atoms with Gasteiger partial charge in [0.05, 0.1) is 12.4 Å². The Balaban J connectivity index is 2.69. The van der Waals surface area contributed by atoms with E-state index in [1.165, 1.54) is 14.0 Å². The Morgan fingerprint density at radius 3 is 2.47 bits per heavy atom. The summed E-state index contributed by atoms with van der Waals surface area (Å²) in [6.45, 7) is 1.43. The van der Waals surface area contributed by atoms with Crippen molar-refractivity contribution in [2.75, 3.05) is 30.5 Å². The number of rotatable bonds is 6. The molecule has 1 amide bonds. The molecular weight excluding hydrogens is 268 g/mol. The summed E-state index contributed by atoms with van der Waals surface area (Å²) < 4.78 is 28.3. The average Bonchev–Trinajstić information content (AvgIpc) is 2.38. The molecular formula is C12H18N2O4S. The SMILES string of the molecule is COCCS(=O)(=O)C(C)C(=O)Nc1ccc(N)cc1. The Kier molecular flexibility index (Phi) is 5.31. The molecule has 0 aliphatic rings. The highest BCUT2D eigenvalue weighted by Gasteiger charge is 2.27. The highest BCUT2D eigenvalue weighted by atomic mass is 32.2. The quantitative estimate of drug-likeness (QED) is 0.748. The minimum absolute atomic E-state index is 0.0713. The van der Waals surface area contributed by atoms with Crippen LogP contribution in [0.25, 0.3) is 0 Å². The van der Waals surface area contributed by atoms with Crippen molar-refractivity contribution in [3.63, 3.8) is 0 Å². The summed E-state index contributed by atoms with van der Waals surface area (Å²) in [6.07, 6.45) is 0. The van der Waals surface area contributed by atoms with Gasteiger partial charge >= 0.3 is 0 Å². The molecule has 0 bridgehead atoms. The molecule has 1 rings (SSSR count). The molecule has 0 saturated carbocycles. The molecule has 0 fully saturated rings. The predicted octanol–water partition coefficient (Wildman–Crippen LogP) is 0.657. The number of nitrogens with one attached hydrogen (secondary N) is 1. The second kappa shape index (κ2) is 6.53. The van der Waals surface area contributed by atoms with Gasteiger partial charge in [-0.15, -0.1) is 0 Å². The topological polar surface area (TPSA) is 98.5 Å². The van der Waals surface area contributed by atoms with E-state index >= 15 is 0 Å². The molecule has 3 N–H and O–H groups in total. The summed E-state index contributed by atoms with van der Waals surface area (Å²) in [6, 6.07) is 6.48. The standard InChI is InChI=1S/C12H18N2O4S/c1-9(19(16,17)8-7-18-2)12(15)14-11-5-3-10(13)4-6-11/h3-6,9H,7-8,13H2,1-2H3,(H,14,15). The zero-order valence-corrected chi connectivity index (χ0v) is 11.7. The first kappa shape index (κ1) is 15.5. The maximum Gasteiger partial charge on any atom is 0.242 e. The zero-order chi connectivity index (χ0) is 14.5. The van der Waals surface area contributed by atoms with Crippen molar-refractivity contribution in [3.05, 3.63) is 24.3 Å². The Morgan fingerprint density at radius 1 is 1.37 bits per heavy atom. The van der Waals surface area contributed by atoms with E-state index in [-0.39, 0.29) is 12.4 Å². The minimum atomic E-state index is -3.51.